The summed E-state index contributed by atoms with van der Waals surface area (Å²) in [5.74, 6) is -3.60. The standard InChI is InChI=1S/C51H76Cl2P2.Ru/c52-50(38-22-7-23-39-50)55(53,45-32-16-5-17-33-45,46-34-18-6-19-35-46)51(40-48(41-24-8-1-9-25-41)47-36-20-21-37-49(47)51)54(42-26-10-2-11-27-42,43-28-12-3-13-29-43)44-30-14-4-15-31-44;/h1,8-9,20-21,24-25,36-37,40,42-46,54H,2-7,10-19,22-23,26-35,38-39H2;. The fourth-order valence-electron chi connectivity index (χ4n) is 16.6. The number of benzene rings is 2. The molecule has 0 bridgehead atoms. The van der Waals surface area contributed by atoms with Crippen molar-refractivity contribution in [1.82, 2.24) is 0 Å². The molecule has 0 N–H and O–H groups in total. The second kappa shape index (κ2) is 17.9. The number of allylic oxidation sites excluding steroid dienone is 1. The fraction of sp³-hybridized carbons (Fsp3) is 0.725. The molecule has 0 aromatic heterocycles. The molecule has 0 heterocycles. The summed E-state index contributed by atoms with van der Waals surface area (Å²) in [4.78, 5) is -0.0863. The summed E-state index contributed by atoms with van der Waals surface area (Å²) in [6.45, 7) is 0. The Morgan fingerprint density at radius 3 is 1.34 bits per heavy atom. The van der Waals surface area contributed by atoms with E-state index in [1.807, 2.05) is 0 Å². The Morgan fingerprint density at radius 1 is 0.482 bits per heavy atom. The molecule has 5 heteroatoms. The van der Waals surface area contributed by atoms with Crippen LogP contribution in [0.4, 0.5) is 0 Å². The number of fused-ring (bicyclic) bond motifs is 1. The Balaban J connectivity index is 0.00000441. The minimum absolute atomic E-state index is 0. The van der Waals surface area contributed by atoms with Gasteiger partial charge in [0.25, 0.3) is 0 Å². The van der Waals surface area contributed by atoms with Crippen molar-refractivity contribution in [1.29, 1.82) is 0 Å². The van der Waals surface area contributed by atoms with Crippen LogP contribution in [0.25, 0.3) is 5.57 Å². The summed E-state index contributed by atoms with van der Waals surface area (Å²) in [5.41, 5.74) is 10.1. The zero-order chi connectivity index (χ0) is 37.4. The number of alkyl halides is 1. The molecule has 1 unspecified atom stereocenters. The molecule has 312 valence electrons. The van der Waals surface area contributed by atoms with Crippen LogP contribution in [0.2, 0.25) is 0 Å². The van der Waals surface area contributed by atoms with Crippen molar-refractivity contribution in [3.05, 3.63) is 77.4 Å². The molecule has 0 radical (unpaired) electrons. The van der Waals surface area contributed by atoms with Gasteiger partial charge in [0.15, 0.2) is 0 Å². The summed E-state index contributed by atoms with van der Waals surface area (Å²) < 4.78 is -0.290. The second-order valence-corrected chi connectivity index (χ2v) is 34.4. The average Bonchev–Trinajstić information content (AvgIpc) is 3.63. The molecule has 2 aromatic carbocycles. The first kappa shape index (κ1) is 42.9. The quantitative estimate of drug-likeness (QED) is 0.134. The van der Waals surface area contributed by atoms with Crippen LogP contribution < -0.4 is 0 Å². The van der Waals surface area contributed by atoms with E-state index in [2.05, 4.69) is 60.7 Å². The van der Waals surface area contributed by atoms with Crippen molar-refractivity contribution in [2.75, 3.05) is 0 Å². The molecule has 0 amide bonds. The summed E-state index contributed by atoms with van der Waals surface area (Å²) in [7, 11) is -2.48. The molecule has 0 nitrogen and oxygen atoms in total. The van der Waals surface area contributed by atoms with E-state index in [4.69, 9.17) is 0 Å². The third kappa shape index (κ3) is 6.38. The minimum Gasteiger partial charge on any atom is 0 e. The van der Waals surface area contributed by atoms with E-state index >= 15 is 0 Å². The van der Waals surface area contributed by atoms with Crippen molar-refractivity contribution in [2.24, 2.45) is 0 Å². The first-order chi connectivity index (χ1) is 27.0. The maximum Gasteiger partial charge on any atom is 0 e. The third-order valence-corrected chi connectivity index (χ3v) is 41.8. The van der Waals surface area contributed by atoms with Crippen molar-refractivity contribution in [3.63, 3.8) is 0 Å². The fourth-order valence-corrected chi connectivity index (χ4v) is 46.1. The van der Waals surface area contributed by atoms with Crippen LogP contribution in [0.5, 0.6) is 0 Å². The van der Waals surface area contributed by atoms with Gasteiger partial charge in [0.1, 0.15) is 0 Å². The molecule has 7 aliphatic rings. The second-order valence-electron chi connectivity index (χ2n) is 20.4. The first-order valence-corrected chi connectivity index (χ1v) is 30.2. The van der Waals surface area contributed by atoms with Crippen molar-refractivity contribution in [3.8, 4) is 0 Å². The smallest absolute Gasteiger partial charge is 0 e. The van der Waals surface area contributed by atoms with Crippen molar-refractivity contribution >= 4 is 41.6 Å². The van der Waals surface area contributed by atoms with Gasteiger partial charge >= 0.3 is 349 Å². The topological polar surface area (TPSA) is 0 Å². The van der Waals surface area contributed by atoms with Gasteiger partial charge in [-0.2, -0.15) is 0 Å². The van der Waals surface area contributed by atoms with E-state index in [-0.39, 0.29) is 29.0 Å². The van der Waals surface area contributed by atoms with Gasteiger partial charge in [-0.1, -0.05) is 0 Å². The van der Waals surface area contributed by atoms with E-state index in [0.717, 1.165) is 17.0 Å². The Bertz CT molecular complexity index is 1560. The monoisotopic (exact) mass is 922 g/mol. The molecule has 9 rings (SSSR count). The van der Waals surface area contributed by atoms with Gasteiger partial charge in [0, 0.05) is 19.5 Å². The molecule has 7 aliphatic carbocycles. The van der Waals surface area contributed by atoms with Crippen LogP contribution in [0.3, 0.4) is 0 Å². The van der Waals surface area contributed by atoms with Gasteiger partial charge in [-0.25, -0.2) is 0 Å². The normalized spacial score (nSPS) is 29.0. The molecule has 2 aromatic rings. The van der Waals surface area contributed by atoms with E-state index in [1.165, 1.54) is 198 Å². The number of hydrogen-bond acceptors (Lipinski definition) is 0. The third-order valence-electron chi connectivity index (χ3n) is 18.3. The predicted molar refractivity (Wildman–Crippen MR) is 249 cm³/mol. The molecule has 0 aliphatic heterocycles. The number of hydrogen-bond donors (Lipinski definition) is 0. The molecular formula is C51H76Cl2P2Ru. The van der Waals surface area contributed by atoms with Crippen molar-refractivity contribution < 1.29 is 19.5 Å². The number of rotatable bonds is 9. The molecule has 6 fully saturated rings. The van der Waals surface area contributed by atoms with Crippen LogP contribution in [0, 0.1) is 0 Å². The molecular weight excluding hydrogens is 846 g/mol. The van der Waals surface area contributed by atoms with E-state index in [0.29, 0.717) is 11.3 Å². The largest absolute Gasteiger partial charge is 0 e. The SMILES string of the molecule is ClC1(P(Cl)(C2CCCCC2)(C2CCCCC2)C2([PH](C3CCCCC3)(C3CCCCC3)C3CCCCC3)C=C(c3ccccc3)c3ccccc32)CCCCC1.[Ru]. The Morgan fingerprint density at radius 2 is 0.875 bits per heavy atom. The van der Waals surface area contributed by atoms with Gasteiger partial charge in [-0.3, -0.25) is 0 Å². The van der Waals surface area contributed by atoms with E-state index < -0.39 is 13.2 Å². The Hall–Kier alpha value is 0.243. The summed E-state index contributed by atoms with van der Waals surface area (Å²) in [6, 6.07) is 22.1. The summed E-state index contributed by atoms with van der Waals surface area (Å²) >= 11 is 19.7. The van der Waals surface area contributed by atoms with Gasteiger partial charge in [-0.15, -0.1) is 0 Å². The van der Waals surface area contributed by atoms with Gasteiger partial charge in [0.2, 0.25) is 0 Å². The van der Waals surface area contributed by atoms with E-state index in [1.54, 1.807) is 16.7 Å². The molecule has 0 saturated heterocycles. The van der Waals surface area contributed by atoms with Crippen LogP contribution in [0.1, 0.15) is 209 Å². The maximum absolute atomic E-state index is 10.4. The number of halogens is 2. The predicted octanol–water partition coefficient (Wildman–Crippen LogP) is 17.3. The van der Waals surface area contributed by atoms with Gasteiger partial charge in [0.05, 0.1) is 0 Å². The molecule has 56 heavy (non-hydrogen) atoms. The Labute approximate surface area is 366 Å². The zero-order valence-electron chi connectivity index (χ0n) is 34.9. The van der Waals surface area contributed by atoms with Gasteiger partial charge < -0.3 is 0 Å². The minimum atomic E-state index is -3.60. The van der Waals surface area contributed by atoms with Crippen molar-refractivity contribution in [2.45, 2.75) is 230 Å². The molecule has 0 spiro atoms. The van der Waals surface area contributed by atoms with Crippen LogP contribution in [0.15, 0.2) is 60.7 Å². The zero-order valence-corrected chi connectivity index (χ0v) is 40.1. The molecule has 1 atom stereocenters. The van der Waals surface area contributed by atoms with E-state index in [9.17, 15) is 22.8 Å². The maximum atomic E-state index is 10.4. The Kier molecular flexibility index (Phi) is 13.7. The first-order valence-electron chi connectivity index (χ1n) is 24.3. The van der Waals surface area contributed by atoms with Crippen LogP contribution in [-0.2, 0) is 24.4 Å². The van der Waals surface area contributed by atoms with Crippen LogP contribution >= 0.6 is 36.1 Å². The van der Waals surface area contributed by atoms with Gasteiger partial charge in [-0.05, 0) is 0 Å². The van der Waals surface area contributed by atoms with Crippen LogP contribution in [-0.4, -0.2) is 32.9 Å². The molecule has 6 saturated carbocycles. The average molecular weight is 923 g/mol. The summed E-state index contributed by atoms with van der Waals surface area (Å²) in [5, 5.41) is 0. The summed E-state index contributed by atoms with van der Waals surface area (Å²) in [6.07, 6.45) is 45.0.